The van der Waals surface area contributed by atoms with Gasteiger partial charge in [-0.15, -0.1) is 0 Å². The molecule has 0 radical (unpaired) electrons. The Hall–Kier alpha value is -4.00. The van der Waals surface area contributed by atoms with Gasteiger partial charge in [-0.05, 0) is 54.7 Å². The standard InChI is InChI=1S/C35H47F2NO10/c1-7-15-43-32(40)35(37)28(31(35)38-33(41)44-16-8-2)18-26(45-20-24-10-12-25(36)13-11-24)19-30(39)46-23(6)47-34(42)48-29-17-22(5)9-14-27(29)21(3)4/h7-8,10-13,21-23,26-29,31H,1-2,9,14-20H2,3-6H3,(H,38,41). The summed E-state index contributed by atoms with van der Waals surface area (Å²) in [7, 11) is 0. The number of carbonyl (C=O) groups excluding carboxylic acids is 4. The fourth-order valence-corrected chi connectivity index (χ4v) is 6.03. The van der Waals surface area contributed by atoms with Gasteiger partial charge in [0.15, 0.2) is 0 Å². The summed E-state index contributed by atoms with van der Waals surface area (Å²) in [4.78, 5) is 50.5. The predicted molar refractivity (Wildman–Crippen MR) is 169 cm³/mol. The lowest BCUT2D eigenvalue weighted by molar-refractivity contribution is -0.173. The molecule has 0 aliphatic heterocycles. The average molecular weight is 680 g/mol. The Kier molecular flexibility index (Phi) is 14.4. The smallest absolute Gasteiger partial charge is 0.459 e. The molecule has 48 heavy (non-hydrogen) atoms. The highest BCUT2D eigenvalue weighted by molar-refractivity contribution is 5.87. The monoisotopic (exact) mass is 679 g/mol. The number of nitrogens with one attached hydrogen (secondary N) is 1. The number of alkyl carbamates (subject to hydrolysis) is 1. The lowest BCUT2D eigenvalue weighted by Gasteiger charge is -2.36. The van der Waals surface area contributed by atoms with Crippen molar-refractivity contribution in [2.24, 2.45) is 23.7 Å². The third-order valence-corrected chi connectivity index (χ3v) is 8.61. The van der Waals surface area contributed by atoms with Crippen LogP contribution in [0.1, 0.15) is 65.4 Å². The highest BCUT2D eigenvalue weighted by atomic mass is 19.1. The summed E-state index contributed by atoms with van der Waals surface area (Å²) in [6.07, 6.45) is -0.0404. The number of amides is 1. The highest BCUT2D eigenvalue weighted by Crippen LogP contribution is 2.52. The molecule has 1 aromatic carbocycles. The number of esters is 2. The Morgan fingerprint density at radius 3 is 2.33 bits per heavy atom. The molecule has 2 fully saturated rings. The molecule has 2 aliphatic rings. The van der Waals surface area contributed by atoms with Crippen molar-refractivity contribution in [2.75, 3.05) is 13.2 Å². The SMILES string of the molecule is C=CCOC(=O)NC1C(CC(CC(=O)OC(C)OC(=O)OC2CC(C)CCC2C(C)C)OCc2ccc(F)cc2)C1(F)C(=O)OCC=C. The number of alkyl halides is 1. The minimum Gasteiger partial charge on any atom is -0.459 e. The fraction of sp³-hybridized carbons (Fsp3) is 0.600. The Labute approximate surface area is 280 Å². The Morgan fingerprint density at radius 2 is 1.69 bits per heavy atom. The Bertz CT molecular complexity index is 1270. The molecular formula is C35H47F2NO10. The van der Waals surface area contributed by atoms with Gasteiger partial charge in [0.2, 0.25) is 12.0 Å². The molecule has 8 unspecified atom stereocenters. The van der Waals surface area contributed by atoms with Crippen LogP contribution in [0.2, 0.25) is 0 Å². The van der Waals surface area contributed by atoms with Crippen molar-refractivity contribution >= 4 is 24.2 Å². The van der Waals surface area contributed by atoms with E-state index < -0.39 is 66.4 Å². The number of halogens is 2. The average Bonchev–Trinajstić information content (AvgIpc) is 3.58. The zero-order valence-electron chi connectivity index (χ0n) is 28.0. The molecule has 0 aromatic heterocycles. The summed E-state index contributed by atoms with van der Waals surface area (Å²) < 4.78 is 61.4. The molecule has 11 nitrogen and oxygen atoms in total. The number of rotatable bonds is 17. The van der Waals surface area contributed by atoms with E-state index in [0.717, 1.165) is 12.8 Å². The molecule has 1 N–H and O–H groups in total. The Morgan fingerprint density at radius 1 is 1.02 bits per heavy atom. The van der Waals surface area contributed by atoms with E-state index in [1.54, 1.807) is 0 Å². The molecule has 13 heteroatoms. The van der Waals surface area contributed by atoms with Gasteiger partial charge in [-0.3, -0.25) is 4.79 Å². The topological polar surface area (TPSA) is 136 Å². The van der Waals surface area contributed by atoms with Crippen LogP contribution in [-0.4, -0.2) is 67.6 Å². The molecule has 2 aliphatic carbocycles. The van der Waals surface area contributed by atoms with Gasteiger partial charge < -0.3 is 33.7 Å². The van der Waals surface area contributed by atoms with Crippen LogP contribution in [0.15, 0.2) is 49.6 Å². The van der Waals surface area contributed by atoms with Crippen LogP contribution >= 0.6 is 0 Å². The van der Waals surface area contributed by atoms with Crippen molar-refractivity contribution in [3.63, 3.8) is 0 Å². The highest BCUT2D eigenvalue weighted by Gasteiger charge is 2.73. The number of hydrogen-bond donors (Lipinski definition) is 1. The van der Waals surface area contributed by atoms with E-state index in [2.05, 4.69) is 39.2 Å². The van der Waals surface area contributed by atoms with Crippen LogP contribution in [0.4, 0.5) is 18.4 Å². The third kappa shape index (κ3) is 11.0. The summed E-state index contributed by atoms with van der Waals surface area (Å²) in [6, 6.07) is 4.07. The van der Waals surface area contributed by atoms with Crippen molar-refractivity contribution in [3.8, 4) is 0 Å². The number of benzene rings is 1. The summed E-state index contributed by atoms with van der Waals surface area (Å²) in [5, 5.41) is 2.33. The van der Waals surface area contributed by atoms with Crippen LogP contribution in [0.25, 0.3) is 0 Å². The van der Waals surface area contributed by atoms with Gasteiger partial charge in [-0.1, -0.05) is 64.6 Å². The second-order valence-electron chi connectivity index (χ2n) is 12.7. The molecule has 1 aromatic rings. The van der Waals surface area contributed by atoms with E-state index in [0.29, 0.717) is 23.8 Å². The van der Waals surface area contributed by atoms with Crippen molar-refractivity contribution in [1.29, 1.82) is 0 Å². The molecular weight excluding hydrogens is 632 g/mol. The number of hydrogen-bond acceptors (Lipinski definition) is 10. The lowest BCUT2D eigenvalue weighted by atomic mass is 9.75. The Balaban J connectivity index is 1.67. The maximum atomic E-state index is 16.1. The van der Waals surface area contributed by atoms with Crippen LogP contribution in [0.3, 0.4) is 0 Å². The van der Waals surface area contributed by atoms with Crippen LogP contribution in [0.5, 0.6) is 0 Å². The zero-order valence-corrected chi connectivity index (χ0v) is 28.0. The maximum Gasteiger partial charge on any atom is 0.511 e. The summed E-state index contributed by atoms with van der Waals surface area (Å²) in [6.45, 7) is 14.0. The van der Waals surface area contributed by atoms with Gasteiger partial charge in [0, 0.05) is 12.8 Å². The second-order valence-corrected chi connectivity index (χ2v) is 12.7. The summed E-state index contributed by atoms with van der Waals surface area (Å²) in [5.74, 6) is -2.82. The molecule has 0 spiro atoms. The van der Waals surface area contributed by atoms with Crippen LogP contribution in [-0.2, 0) is 44.6 Å². The van der Waals surface area contributed by atoms with Gasteiger partial charge in [0.25, 0.3) is 0 Å². The normalized spacial score (nSPS) is 25.9. The first-order valence-electron chi connectivity index (χ1n) is 16.2. The maximum absolute atomic E-state index is 16.1. The van der Waals surface area contributed by atoms with Gasteiger partial charge >= 0.3 is 24.2 Å². The van der Waals surface area contributed by atoms with E-state index in [1.807, 2.05) is 0 Å². The van der Waals surface area contributed by atoms with Gasteiger partial charge in [0.05, 0.1) is 25.2 Å². The van der Waals surface area contributed by atoms with E-state index in [9.17, 15) is 23.6 Å². The fourth-order valence-electron chi connectivity index (χ4n) is 6.03. The largest absolute Gasteiger partial charge is 0.511 e. The molecule has 3 rings (SSSR count). The molecule has 0 heterocycles. The van der Waals surface area contributed by atoms with Crippen molar-refractivity contribution in [1.82, 2.24) is 5.32 Å². The molecule has 0 bridgehead atoms. The van der Waals surface area contributed by atoms with Gasteiger partial charge in [-0.25, -0.2) is 23.2 Å². The molecule has 0 saturated heterocycles. The third-order valence-electron chi connectivity index (χ3n) is 8.61. The van der Waals surface area contributed by atoms with Crippen molar-refractivity contribution in [2.45, 2.75) is 96.6 Å². The quantitative estimate of drug-likeness (QED) is 0.0860. The number of carbonyl (C=O) groups is 4. The van der Waals surface area contributed by atoms with Crippen LogP contribution in [0, 0.1) is 29.5 Å². The molecule has 266 valence electrons. The molecule has 2 saturated carbocycles. The predicted octanol–water partition coefficient (Wildman–Crippen LogP) is 6.34. The van der Waals surface area contributed by atoms with Crippen molar-refractivity contribution < 1.29 is 56.4 Å². The minimum absolute atomic E-state index is 0.0974. The summed E-state index contributed by atoms with van der Waals surface area (Å²) >= 11 is 0. The minimum atomic E-state index is -2.65. The second kappa shape index (κ2) is 18.0. The first-order chi connectivity index (χ1) is 22.8. The van der Waals surface area contributed by atoms with Gasteiger partial charge in [-0.2, -0.15) is 0 Å². The zero-order chi connectivity index (χ0) is 35.4. The van der Waals surface area contributed by atoms with Crippen LogP contribution < -0.4 is 5.32 Å². The summed E-state index contributed by atoms with van der Waals surface area (Å²) in [5.41, 5.74) is -2.09. The first-order valence-corrected chi connectivity index (χ1v) is 16.2. The van der Waals surface area contributed by atoms with Gasteiger partial charge in [0.1, 0.15) is 25.1 Å². The van der Waals surface area contributed by atoms with E-state index in [4.69, 9.17) is 28.4 Å². The van der Waals surface area contributed by atoms with Crippen molar-refractivity contribution in [3.05, 3.63) is 61.0 Å². The van der Waals surface area contributed by atoms with E-state index >= 15 is 4.39 Å². The van der Waals surface area contributed by atoms with E-state index in [1.165, 1.54) is 43.3 Å². The van der Waals surface area contributed by atoms with E-state index in [-0.39, 0.29) is 38.3 Å². The number of ether oxygens (including phenoxy) is 6. The molecule has 8 atom stereocenters. The first kappa shape index (κ1) is 38.4. The molecule has 1 amide bonds. The lowest BCUT2D eigenvalue weighted by Crippen LogP contribution is -2.37.